The number of hydrogen-bond donors (Lipinski definition) is 1. The molecule has 0 bridgehead atoms. The summed E-state index contributed by atoms with van der Waals surface area (Å²) in [5.41, 5.74) is 0.441. The van der Waals surface area contributed by atoms with Crippen molar-refractivity contribution in [2.45, 2.75) is 37.1 Å². The lowest BCUT2D eigenvalue weighted by Gasteiger charge is -2.34. The highest BCUT2D eigenvalue weighted by molar-refractivity contribution is 7.89. The van der Waals surface area contributed by atoms with E-state index >= 15 is 0 Å². The molecular weight excluding hydrogens is 366 g/mol. The highest BCUT2D eigenvalue weighted by Crippen LogP contribution is 2.21. The monoisotopic (exact) mass is 395 g/mol. The van der Waals surface area contributed by atoms with Crippen LogP contribution in [0.15, 0.2) is 29.2 Å². The molecule has 7 nitrogen and oxygen atoms in total. The lowest BCUT2D eigenvalue weighted by atomic mass is 10.0. The number of benzene rings is 1. The average Bonchev–Trinajstić information content (AvgIpc) is 2.73. The molecule has 0 aromatic heterocycles. The Labute approximate surface area is 161 Å². The highest BCUT2D eigenvalue weighted by Gasteiger charge is 2.29. The van der Waals surface area contributed by atoms with Gasteiger partial charge in [0.05, 0.1) is 18.1 Å². The van der Waals surface area contributed by atoms with Gasteiger partial charge in [0.1, 0.15) is 0 Å². The first-order valence-electron chi connectivity index (χ1n) is 9.73. The number of piperidine rings is 1. The summed E-state index contributed by atoms with van der Waals surface area (Å²) in [5.74, 6) is -0.0808. The van der Waals surface area contributed by atoms with E-state index in [-0.39, 0.29) is 16.8 Å². The minimum Gasteiger partial charge on any atom is -0.379 e. The Hall–Kier alpha value is -1.48. The van der Waals surface area contributed by atoms with Gasteiger partial charge >= 0.3 is 0 Å². The molecule has 0 unspecified atom stereocenters. The molecule has 0 radical (unpaired) electrons. The Balaban J connectivity index is 1.83. The van der Waals surface area contributed by atoms with E-state index in [0.29, 0.717) is 38.4 Å². The maximum atomic E-state index is 13.2. The van der Waals surface area contributed by atoms with Crippen molar-refractivity contribution in [1.29, 1.82) is 0 Å². The van der Waals surface area contributed by atoms with Crippen LogP contribution in [0.3, 0.4) is 0 Å². The molecule has 1 aromatic carbocycles. The summed E-state index contributed by atoms with van der Waals surface area (Å²) in [6.07, 6.45) is 2.73. The summed E-state index contributed by atoms with van der Waals surface area (Å²) >= 11 is 0. The summed E-state index contributed by atoms with van der Waals surface area (Å²) in [6.45, 7) is 6.04. The summed E-state index contributed by atoms with van der Waals surface area (Å²) in [6, 6.07) is 6.67. The highest BCUT2D eigenvalue weighted by atomic mass is 32.2. The van der Waals surface area contributed by atoms with Gasteiger partial charge in [-0.2, -0.15) is 4.31 Å². The van der Waals surface area contributed by atoms with Crippen LogP contribution in [0.2, 0.25) is 0 Å². The van der Waals surface area contributed by atoms with Gasteiger partial charge in [0, 0.05) is 31.2 Å². The standard InChI is InChI=1S/C19H29N3O4S/c1-2-10-22(17-6-8-20-9-7-17)19(23)16-4-3-5-18(15-16)27(24,25)21-11-13-26-14-12-21/h3-5,15,17,20H,2,6-14H2,1H3. The normalized spacial score (nSPS) is 19.7. The molecule has 8 heteroatoms. The van der Waals surface area contributed by atoms with E-state index in [1.807, 2.05) is 4.90 Å². The third kappa shape index (κ3) is 4.68. The number of carbonyl (C=O) groups excluding carboxylic acids is 1. The first-order chi connectivity index (χ1) is 13.0. The SMILES string of the molecule is CCCN(C(=O)c1cccc(S(=O)(=O)N2CCOCC2)c1)C1CCNCC1. The first kappa shape index (κ1) is 20.3. The van der Waals surface area contributed by atoms with Crippen molar-refractivity contribution in [3.05, 3.63) is 29.8 Å². The second kappa shape index (κ2) is 9.14. The van der Waals surface area contributed by atoms with Crippen molar-refractivity contribution < 1.29 is 17.9 Å². The minimum atomic E-state index is -3.61. The van der Waals surface area contributed by atoms with E-state index in [1.165, 1.54) is 10.4 Å². The average molecular weight is 396 g/mol. The predicted molar refractivity (Wildman–Crippen MR) is 103 cm³/mol. The predicted octanol–water partition coefficient (Wildman–Crippen LogP) is 1.31. The third-order valence-corrected chi connectivity index (χ3v) is 7.06. The number of sulfonamides is 1. The molecule has 0 saturated carbocycles. The molecule has 0 atom stereocenters. The van der Waals surface area contributed by atoms with Crippen LogP contribution in [0.4, 0.5) is 0 Å². The van der Waals surface area contributed by atoms with Crippen LogP contribution in [0.5, 0.6) is 0 Å². The van der Waals surface area contributed by atoms with E-state index in [4.69, 9.17) is 4.74 Å². The van der Waals surface area contributed by atoms with Gasteiger partial charge in [-0.1, -0.05) is 13.0 Å². The molecule has 0 spiro atoms. The maximum Gasteiger partial charge on any atom is 0.254 e. The number of nitrogens with zero attached hydrogens (tertiary/aromatic N) is 2. The molecule has 3 rings (SSSR count). The van der Waals surface area contributed by atoms with Gasteiger partial charge in [-0.25, -0.2) is 8.42 Å². The van der Waals surface area contributed by atoms with Crippen LogP contribution < -0.4 is 5.32 Å². The van der Waals surface area contributed by atoms with Gasteiger partial charge in [0.15, 0.2) is 0 Å². The summed E-state index contributed by atoms with van der Waals surface area (Å²) < 4.78 is 32.5. The molecule has 1 amide bonds. The van der Waals surface area contributed by atoms with E-state index in [0.717, 1.165) is 32.4 Å². The second-order valence-corrected chi connectivity index (χ2v) is 8.96. The molecule has 0 aliphatic carbocycles. The Morgan fingerprint density at radius 3 is 2.63 bits per heavy atom. The summed E-state index contributed by atoms with van der Waals surface area (Å²) in [7, 11) is -3.61. The molecule has 27 heavy (non-hydrogen) atoms. The first-order valence-corrected chi connectivity index (χ1v) is 11.2. The number of morpholine rings is 1. The van der Waals surface area contributed by atoms with Gasteiger partial charge in [0.25, 0.3) is 5.91 Å². The van der Waals surface area contributed by atoms with Crippen LogP contribution in [0.1, 0.15) is 36.5 Å². The molecule has 1 aromatic rings. The number of amides is 1. The topological polar surface area (TPSA) is 79.0 Å². The van der Waals surface area contributed by atoms with E-state index < -0.39 is 10.0 Å². The molecular formula is C19H29N3O4S. The Morgan fingerprint density at radius 1 is 1.26 bits per heavy atom. The maximum absolute atomic E-state index is 13.2. The van der Waals surface area contributed by atoms with Crippen LogP contribution in [-0.4, -0.2) is 75.5 Å². The number of hydrogen-bond acceptors (Lipinski definition) is 5. The molecule has 2 aliphatic rings. The van der Waals surface area contributed by atoms with E-state index in [9.17, 15) is 13.2 Å². The fourth-order valence-electron chi connectivity index (χ4n) is 3.70. The molecule has 2 fully saturated rings. The van der Waals surface area contributed by atoms with Crippen LogP contribution in [-0.2, 0) is 14.8 Å². The number of rotatable bonds is 6. The molecule has 2 aliphatic heterocycles. The number of carbonyl (C=O) groups is 1. The molecule has 2 heterocycles. The van der Waals surface area contributed by atoms with Crippen molar-refractivity contribution in [2.24, 2.45) is 0 Å². The summed E-state index contributed by atoms with van der Waals surface area (Å²) in [5, 5.41) is 3.32. The Kier molecular flexibility index (Phi) is 6.86. The summed E-state index contributed by atoms with van der Waals surface area (Å²) in [4.78, 5) is 15.3. The lowest BCUT2D eigenvalue weighted by molar-refractivity contribution is 0.0642. The van der Waals surface area contributed by atoms with Crippen molar-refractivity contribution in [3.8, 4) is 0 Å². The van der Waals surface area contributed by atoms with Crippen molar-refractivity contribution in [1.82, 2.24) is 14.5 Å². The molecule has 150 valence electrons. The van der Waals surface area contributed by atoms with Gasteiger partial charge in [-0.15, -0.1) is 0 Å². The van der Waals surface area contributed by atoms with Crippen LogP contribution >= 0.6 is 0 Å². The number of ether oxygens (including phenoxy) is 1. The number of nitrogens with one attached hydrogen (secondary N) is 1. The van der Waals surface area contributed by atoms with Crippen molar-refractivity contribution >= 4 is 15.9 Å². The lowest BCUT2D eigenvalue weighted by Crippen LogP contribution is -2.46. The zero-order chi connectivity index (χ0) is 19.3. The van der Waals surface area contributed by atoms with Gasteiger partial charge in [0.2, 0.25) is 10.0 Å². The minimum absolute atomic E-state index is 0.0808. The molecule has 1 N–H and O–H groups in total. The third-order valence-electron chi connectivity index (χ3n) is 5.16. The fourth-order valence-corrected chi connectivity index (χ4v) is 5.16. The van der Waals surface area contributed by atoms with Crippen LogP contribution in [0, 0.1) is 0 Å². The second-order valence-electron chi connectivity index (χ2n) is 7.02. The van der Waals surface area contributed by atoms with Gasteiger partial charge < -0.3 is 15.0 Å². The Morgan fingerprint density at radius 2 is 1.96 bits per heavy atom. The van der Waals surface area contributed by atoms with E-state index in [2.05, 4.69) is 12.2 Å². The molecule has 2 saturated heterocycles. The largest absolute Gasteiger partial charge is 0.379 e. The van der Waals surface area contributed by atoms with Gasteiger partial charge in [-0.05, 0) is 50.6 Å². The smallest absolute Gasteiger partial charge is 0.254 e. The van der Waals surface area contributed by atoms with Crippen molar-refractivity contribution in [2.75, 3.05) is 45.9 Å². The van der Waals surface area contributed by atoms with Crippen LogP contribution in [0.25, 0.3) is 0 Å². The zero-order valence-electron chi connectivity index (χ0n) is 15.9. The quantitative estimate of drug-likeness (QED) is 0.786. The zero-order valence-corrected chi connectivity index (χ0v) is 16.7. The Bertz CT molecular complexity index is 741. The van der Waals surface area contributed by atoms with E-state index in [1.54, 1.807) is 18.2 Å². The van der Waals surface area contributed by atoms with Crippen molar-refractivity contribution in [3.63, 3.8) is 0 Å². The van der Waals surface area contributed by atoms with Gasteiger partial charge in [-0.3, -0.25) is 4.79 Å². The fraction of sp³-hybridized carbons (Fsp3) is 0.632.